The summed E-state index contributed by atoms with van der Waals surface area (Å²) in [4.78, 5) is 12.5. The first kappa shape index (κ1) is 28.2. The maximum absolute atomic E-state index is 12.5. The van der Waals surface area contributed by atoms with Gasteiger partial charge in [0, 0.05) is 0 Å². The molecule has 0 N–H and O–H groups in total. The molecule has 6 atom stereocenters. The maximum Gasteiger partial charge on any atom is 0.460 e. The molecule has 1 aliphatic heterocycles. The number of unbranched alkanes of at least 4 members (excludes halogenated alkanes) is 1. The van der Waals surface area contributed by atoms with Crippen molar-refractivity contribution in [1.29, 1.82) is 0 Å². The first-order valence-corrected chi connectivity index (χ1v) is 16.7. The van der Waals surface area contributed by atoms with Gasteiger partial charge in [-0.2, -0.15) is 0 Å². The molecular weight excluding hydrogens is 443 g/mol. The van der Waals surface area contributed by atoms with Crippen molar-refractivity contribution < 1.29 is 23.3 Å². The van der Waals surface area contributed by atoms with E-state index in [-0.39, 0.29) is 41.8 Å². The summed E-state index contributed by atoms with van der Waals surface area (Å²) in [5.41, 5.74) is 0.185. The molecule has 34 heavy (non-hydrogen) atoms. The number of hydrogen-bond acceptors (Lipinski definition) is 5. The van der Waals surface area contributed by atoms with Gasteiger partial charge in [-0.15, -0.1) is 0 Å². The molecule has 1 saturated heterocycles. The molecule has 4 aliphatic rings. The average Bonchev–Trinajstić information content (AvgIpc) is 3.08. The second kappa shape index (κ2) is 10.2. The zero-order chi connectivity index (χ0) is 25.5. The molecule has 2 bridgehead atoms. The van der Waals surface area contributed by atoms with Gasteiger partial charge >= 0.3 is 13.1 Å². The first-order valence-electron chi connectivity index (χ1n) is 13.8. The lowest BCUT2D eigenvalue weighted by Crippen LogP contribution is -2.65. The predicted octanol–water partition coefficient (Wildman–Crippen LogP) is 7.01. The van der Waals surface area contributed by atoms with E-state index in [1.807, 2.05) is 0 Å². The zero-order valence-electron chi connectivity index (χ0n) is 23.7. The van der Waals surface area contributed by atoms with Gasteiger partial charge < -0.3 is 18.5 Å². The highest BCUT2D eigenvalue weighted by molar-refractivity contribution is 6.74. The van der Waals surface area contributed by atoms with Crippen LogP contribution < -0.4 is 0 Å². The summed E-state index contributed by atoms with van der Waals surface area (Å²) in [5.74, 6) is 1.45. The highest BCUT2D eigenvalue weighted by Crippen LogP contribution is 2.66. The van der Waals surface area contributed by atoms with Gasteiger partial charge in [-0.3, -0.25) is 4.79 Å². The van der Waals surface area contributed by atoms with Crippen molar-refractivity contribution in [3.63, 3.8) is 0 Å². The van der Waals surface area contributed by atoms with Crippen molar-refractivity contribution in [2.45, 2.75) is 142 Å². The average molecular weight is 495 g/mol. The molecule has 196 valence electrons. The molecule has 0 aromatic rings. The number of rotatable bonds is 11. The molecule has 3 aliphatic carbocycles. The molecule has 0 spiro atoms. The van der Waals surface area contributed by atoms with E-state index in [0.717, 1.165) is 38.0 Å². The van der Waals surface area contributed by atoms with Crippen LogP contribution in [-0.4, -0.2) is 45.8 Å². The monoisotopic (exact) mass is 494 g/mol. The van der Waals surface area contributed by atoms with Crippen LogP contribution in [0.5, 0.6) is 0 Å². The third-order valence-corrected chi connectivity index (χ3v) is 14.3. The van der Waals surface area contributed by atoms with Crippen molar-refractivity contribution in [1.82, 2.24) is 0 Å². The predicted molar refractivity (Wildman–Crippen MR) is 141 cm³/mol. The third-order valence-electron chi connectivity index (χ3n) is 9.80. The fourth-order valence-corrected chi connectivity index (χ4v) is 7.49. The largest absolute Gasteiger partial charge is 0.466 e. The molecule has 0 radical (unpaired) electrons. The summed E-state index contributed by atoms with van der Waals surface area (Å²) >= 11 is 0. The van der Waals surface area contributed by atoms with E-state index in [0.29, 0.717) is 24.4 Å². The minimum Gasteiger partial charge on any atom is -0.466 e. The van der Waals surface area contributed by atoms with Crippen molar-refractivity contribution >= 4 is 21.4 Å². The lowest BCUT2D eigenvalue weighted by atomic mass is 9.43. The van der Waals surface area contributed by atoms with Gasteiger partial charge in [0.25, 0.3) is 0 Å². The van der Waals surface area contributed by atoms with Crippen LogP contribution in [0.3, 0.4) is 0 Å². The van der Waals surface area contributed by atoms with E-state index in [1.165, 1.54) is 6.42 Å². The summed E-state index contributed by atoms with van der Waals surface area (Å²) in [6.45, 7) is 23.2. The summed E-state index contributed by atoms with van der Waals surface area (Å²) < 4.78 is 25.4. The fourth-order valence-electron chi connectivity index (χ4n) is 6.10. The van der Waals surface area contributed by atoms with Gasteiger partial charge in [0.1, 0.15) is 0 Å². The number of esters is 1. The Morgan fingerprint density at radius 2 is 1.85 bits per heavy atom. The smallest absolute Gasteiger partial charge is 0.460 e. The highest BCUT2D eigenvalue weighted by atomic mass is 28.4. The van der Waals surface area contributed by atoms with Crippen LogP contribution in [-0.2, 0) is 23.3 Å². The van der Waals surface area contributed by atoms with Crippen LogP contribution in [0, 0.1) is 17.3 Å². The molecule has 1 heterocycles. The standard InChI is InChI=1S/C27H51BO5Si/c1-11-12-15-30-24(29)18-21(32-34(9,10)25(3,4)5)14-13-19(2)28-31-23-17-20-16-22(26(20,6)7)27(23,8)33-28/h19-23H,11-18H2,1-10H3/t19-,20+,21+,22+,23-,27+/m1/s1. The quantitative estimate of drug-likeness (QED) is 0.176. The number of ether oxygens (including phenoxy) is 1. The molecule has 4 rings (SSSR count). The Kier molecular flexibility index (Phi) is 8.45. The van der Waals surface area contributed by atoms with Crippen LogP contribution in [0.1, 0.15) is 100 Å². The lowest BCUT2D eigenvalue weighted by Gasteiger charge is -2.64. The van der Waals surface area contributed by atoms with E-state index in [4.69, 9.17) is 18.5 Å². The van der Waals surface area contributed by atoms with E-state index < -0.39 is 8.32 Å². The summed E-state index contributed by atoms with van der Waals surface area (Å²) in [5, 5.41) is 0.0958. The van der Waals surface area contributed by atoms with Crippen molar-refractivity contribution in [2.24, 2.45) is 17.3 Å². The van der Waals surface area contributed by atoms with Crippen LogP contribution in [0.2, 0.25) is 23.9 Å². The lowest BCUT2D eigenvalue weighted by molar-refractivity contribution is -0.199. The number of carbonyl (C=O) groups excluding carboxylic acids is 1. The van der Waals surface area contributed by atoms with Crippen LogP contribution >= 0.6 is 0 Å². The van der Waals surface area contributed by atoms with Gasteiger partial charge in [-0.25, -0.2) is 0 Å². The Morgan fingerprint density at radius 1 is 1.18 bits per heavy atom. The van der Waals surface area contributed by atoms with Gasteiger partial charge in [-0.05, 0) is 80.2 Å². The Morgan fingerprint density at radius 3 is 2.44 bits per heavy atom. The minimum atomic E-state index is -2.00. The second-order valence-corrected chi connectivity index (χ2v) is 18.4. The summed E-state index contributed by atoms with van der Waals surface area (Å²) in [6, 6.07) is 0. The Hall–Kier alpha value is -0.368. The van der Waals surface area contributed by atoms with Crippen molar-refractivity contribution in [3.8, 4) is 0 Å². The Labute approximate surface area is 210 Å². The topological polar surface area (TPSA) is 54.0 Å². The van der Waals surface area contributed by atoms with Crippen molar-refractivity contribution in [3.05, 3.63) is 0 Å². The molecule has 0 unspecified atom stereocenters. The third kappa shape index (κ3) is 5.63. The van der Waals surface area contributed by atoms with Gasteiger partial charge in [0.15, 0.2) is 8.32 Å². The maximum atomic E-state index is 12.5. The fraction of sp³-hybridized carbons (Fsp3) is 0.963. The SMILES string of the molecule is CCCCOC(=O)C[C@H](CC[C@@H](C)B1O[C@@H]2C[C@@H]3C[C@@H](C3(C)C)[C@]2(C)O1)O[Si](C)(C)C(C)(C)C. The van der Waals surface area contributed by atoms with E-state index in [1.54, 1.807) is 0 Å². The molecular formula is C27H51BO5Si. The Balaban J connectivity index is 1.59. The van der Waals surface area contributed by atoms with E-state index in [2.05, 4.69) is 68.5 Å². The van der Waals surface area contributed by atoms with Crippen molar-refractivity contribution in [2.75, 3.05) is 6.61 Å². The molecule has 5 nitrogen and oxygen atoms in total. The van der Waals surface area contributed by atoms with Crippen LogP contribution in [0.25, 0.3) is 0 Å². The Bertz CT molecular complexity index is 720. The number of hydrogen-bond donors (Lipinski definition) is 0. The normalized spacial score (nSPS) is 32.1. The molecule has 4 fully saturated rings. The zero-order valence-corrected chi connectivity index (χ0v) is 24.7. The molecule has 7 heteroatoms. The van der Waals surface area contributed by atoms with E-state index in [9.17, 15) is 4.79 Å². The second-order valence-electron chi connectivity index (χ2n) is 13.7. The molecule has 0 aromatic heterocycles. The summed E-state index contributed by atoms with van der Waals surface area (Å²) in [7, 11) is -2.17. The van der Waals surface area contributed by atoms with Gasteiger partial charge in [-0.1, -0.05) is 54.9 Å². The highest BCUT2D eigenvalue weighted by Gasteiger charge is 2.68. The molecule has 0 amide bonds. The molecule has 3 saturated carbocycles. The minimum absolute atomic E-state index is 0.0958. The summed E-state index contributed by atoms with van der Waals surface area (Å²) in [6.07, 6.45) is 6.46. The van der Waals surface area contributed by atoms with Crippen LogP contribution in [0.4, 0.5) is 0 Å². The number of carbonyl (C=O) groups is 1. The van der Waals surface area contributed by atoms with Gasteiger partial charge in [0.2, 0.25) is 0 Å². The van der Waals surface area contributed by atoms with Crippen LogP contribution in [0.15, 0.2) is 0 Å². The first-order chi connectivity index (χ1) is 15.6. The molecule has 0 aromatic carbocycles. The van der Waals surface area contributed by atoms with E-state index >= 15 is 0 Å². The van der Waals surface area contributed by atoms with Gasteiger partial charge in [0.05, 0.1) is 30.8 Å².